The minimum Gasteiger partial charge on any atom is -0.364 e. The van der Waals surface area contributed by atoms with Crippen molar-refractivity contribution in [3.63, 3.8) is 0 Å². The molecule has 2 saturated heterocycles. The second-order valence-corrected chi connectivity index (χ2v) is 7.38. The van der Waals surface area contributed by atoms with Gasteiger partial charge >= 0.3 is 0 Å². The number of benzene rings is 1. The average molecular weight is 389 g/mol. The summed E-state index contributed by atoms with van der Waals surface area (Å²) in [6.07, 6.45) is 3.95. The lowest BCUT2D eigenvalue weighted by Crippen LogP contribution is -2.67. The summed E-state index contributed by atoms with van der Waals surface area (Å²) in [6.45, 7) is 1.52. The molecule has 2 amide bonds. The molecule has 8 heteroatoms. The Kier molecular flexibility index (Phi) is 4.88. The van der Waals surface area contributed by atoms with Crippen LogP contribution in [-0.4, -0.2) is 52.3 Å². The van der Waals surface area contributed by atoms with Crippen LogP contribution in [0.3, 0.4) is 0 Å². The van der Waals surface area contributed by atoms with E-state index in [1.807, 2.05) is 35.2 Å². The average Bonchev–Trinajstić information content (AvgIpc) is 3.11. The van der Waals surface area contributed by atoms with E-state index in [1.165, 1.54) is 0 Å². The zero-order valence-electron chi connectivity index (χ0n) is 14.8. The summed E-state index contributed by atoms with van der Waals surface area (Å²) < 4.78 is 7.52. The van der Waals surface area contributed by atoms with E-state index < -0.39 is 5.54 Å². The number of hydrogen-bond acceptors (Lipinski definition) is 4. The fourth-order valence-electron chi connectivity index (χ4n) is 3.91. The van der Waals surface area contributed by atoms with E-state index in [4.69, 9.17) is 16.3 Å². The Morgan fingerprint density at radius 3 is 2.93 bits per heavy atom. The molecular weight excluding hydrogens is 368 g/mol. The van der Waals surface area contributed by atoms with E-state index in [-0.39, 0.29) is 24.5 Å². The SMILES string of the molecule is O=C1CO[C@@H]2CN(C(=O)CCn3cc(Cl)cn3)CC[C@@]2(c2ccccc2)N1. The lowest BCUT2D eigenvalue weighted by molar-refractivity contribution is -0.157. The van der Waals surface area contributed by atoms with Gasteiger partial charge in [-0.15, -0.1) is 0 Å². The fraction of sp³-hybridized carbons (Fsp3) is 0.421. The largest absolute Gasteiger partial charge is 0.364 e. The number of likely N-dealkylation sites (tertiary alicyclic amines) is 1. The summed E-state index contributed by atoms with van der Waals surface area (Å²) >= 11 is 5.86. The normalized spacial score (nSPS) is 25.0. The molecule has 0 saturated carbocycles. The standard InChI is InChI=1S/C19H21ClN4O3/c20-15-10-21-24(11-15)8-6-18(26)23-9-7-19(14-4-2-1-3-5-14)16(12-23)27-13-17(25)22-19/h1-5,10-11,16H,6-9,12-13H2,(H,22,25)/t16-,19+/m1/s1. The number of amides is 2. The van der Waals surface area contributed by atoms with E-state index >= 15 is 0 Å². The van der Waals surface area contributed by atoms with Gasteiger partial charge in [0.25, 0.3) is 0 Å². The van der Waals surface area contributed by atoms with Crippen LogP contribution in [0.1, 0.15) is 18.4 Å². The van der Waals surface area contributed by atoms with Crippen LogP contribution in [-0.2, 0) is 26.4 Å². The number of morpholine rings is 1. The summed E-state index contributed by atoms with van der Waals surface area (Å²) in [7, 11) is 0. The van der Waals surface area contributed by atoms with Gasteiger partial charge in [0.15, 0.2) is 0 Å². The smallest absolute Gasteiger partial charge is 0.246 e. The zero-order valence-corrected chi connectivity index (χ0v) is 15.6. The van der Waals surface area contributed by atoms with E-state index in [0.29, 0.717) is 37.5 Å². The van der Waals surface area contributed by atoms with Gasteiger partial charge in [-0.25, -0.2) is 0 Å². The van der Waals surface area contributed by atoms with Gasteiger partial charge in [0.2, 0.25) is 11.8 Å². The van der Waals surface area contributed by atoms with Gasteiger partial charge in [0.1, 0.15) is 12.7 Å². The molecular formula is C19H21ClN4O3. The Bertz CT molecular complexity index is 840. The van der Waals surface area contributed by atoms with Gasteiger partial charge in [-0.1, -0.05) is 41.9 Å². The fourth-order valence-corrected chi connectivity index (χ4v) is 4.07. The van der Waals surface area contributed by atoms with Crippen LogP contribution in [0.2, 0.25) is 5.02 Å². The third kappa shape index (κ3) is 3.57. The third-order valence-corrected chi connectivity index (χ3v) is 5.48. The van der Waals surface area contributed by atoms with Crippen molar-refractivity contribution in [2.24, 2.45) is 0 Å². The van der Waals surface area contributed by atoms with Gasteiger partial charge in [-0.05, 0) is 12.0 Å². The number of nitrogens with one attached hydrogen (secondary N) is 1. The van der Waals surface area contributed by atoms with E-state index in [1.54, 1.807) is 17.1 Å². The van der Waals surface area contributed by atoms with Crippen molar-refractivity contribution in [2.45, 2.75) is 31.0 Å². The maximum atomic E-state index is 12.7. The van der Waals surface area contributed by atoms with Crippen LogP contribution in [0.4, 0.5) is 0 Å². The molecule has 1 aromatic carbocycles. The molecule has 27 heavy (non-hydrogen) atoms. The molecule has 2 fully saturated rings. The molecule has 1 aromatic heterocycles. The summed E-state index contributed by atoms with van der Waals surface area (Å²) in [5, 5.41) is 7.79. The molecule has 0 unspecified atom stereocenters. The minimum absolute atomic E-state index is 0.0209. The molecule has 2 atom stereocenters. The highest BCUT2D eigenvalue weighted by molar-refractivity contribution is 6.30. The number of fused-ring (bicyclic) bond motifs is 1. The molecule has 2 aliphatic heterocycles. The van der Waals surface area contributed by atoms with Gasteiger partial charge < -0.3 is 15.0 Å². The quantitative estimate of drug-likeness (QED) is 0.862. The number of rotatable bonds is 4. The first-order valence-corrected chi connectivity index (χ1v) is 9.38. The van der Waals surface area contributed by atoms with Crippen molar-refractivity contribution in [3.05, 3.63) is 53.3 Å². The first-order valence-electron chi connectivity index (χ1n) is 9.01. The number of carbonyl (C=O) groups excluding carboxylic acids is 2. The molecule has 7 nitrogen and oxygen atoms in total. The van der Waals surface area contributed by atoms with E-state index in [9.17, 15) is 9.59 Å². The molecule has 0 radical (unpaired) electrons. The van der Waals surface area contributed by atoms with Gasteiger partial charge in [0, 0.05) is 32.3 Å². The van der Waals surface area contributed by atoms with Crippen LogP contribution in [0.5, 0.6) is 0 Å². The first kappa shape index (κ1) is 18.0. The number of aromatic nitrogens is 2. The second-order valence-electron chi connectivity index (χ2n) is 6.95. The molecule has 3 heterocycles. The lowest BCUT2D eigenvalue weighted by atomic mass is 9.77. The van der Waals surface area contributed by atoms with Crippen molar-refractivity contribution in [1.82, 2.24) is 20.0 Å². The first-order chi connectivity index (χ1) is 13.1. The summed E-state index contributed by atoms with van der Waals surface area (Å²) in [5.41, 5.74) is 0.435. The summed E-state index contributed by atoms with van der Waals surface area (Å²) in [5.74, 6) is -0.0748. The highest BCUT2D eigenvalue weighted by Gasteiger charge is 2.49. The summed E-state index contributed by atoms with van der Waals surface area (Å²) in [4.78, 5) is 26.5. The van der Waals surface area contributed by atoms with Gasteiger partial charge in [-0.2, -0.15) is 5.10 Å². The van der Waals surface area contributed by atoms with Crippen molar-refractivity contribution in [1.29, 1.82) is 0 Å². The van der Waals surface area contributed by atoms with Crippen molar-refractivity contribution in [3.8, 4) is 0 Å². The van der Waals surface area contributed by atoms with Crippen LogP contribution in [0.15, 0.2) is 42.7 Å². The molecule has 1 N–H and O–H groups in total. The van der Waals surface area contributed by atoms with E-state index in [0.717, 1.165) is 5.56 Å². The molecule has 142 valence electrons. The molecule has 2 aliphatic rings. The minimum atomic E-state index is -0.580. The molecule has 4 rings (SSSR count). The Labute approximate surface area is 162 Å². The Hall–Kier alpha value is -2.38. The van der Waals surface area contributed by atoms with Crippen LogP contribution < -0.4 is 5.32 Å². The predicted molar refractivity (Wildman–Crippen MR) is 99.1 cm³/mol. The van der Waals surface area contributed by atoms with Crippen LogP contribution >= 0.6 is 11.6 Å². The number of carbonyl (C=O) groups is 2. The predicted octanol–water partition coefficient (Wildman–Crippen LogP) is 1.57. The highest BCUT2D eigenvalue weighted by Crippen LogP contribution is 2.37. The zero-order chi connectivity index (χ0) is 18.9. The number of piperidine rings is 1. The monoisotopic (exact) mass is 388 g/mol. The number of ether oxygens (including phenoxy) is 1. The Morgan fingerprint density at radius 2 is 2.19 bits per heavy atom. The van der Waals surface area contributed by atoms with Crippen molar-refractivity contribution < 1.29 is 14.3 Å². The maximum absolute atomic E-state index is 12.7. The Balaban J connectivity index is 1.46. The lowest BCUT2D eigenvalue weighted by Gasteiger charge is -2.50. The van der Waals surface area contributed by atoms with E-state index in [2.05, 4.69) is 10.4 Å². The molecule has 0 spiro atoms. The number of halogens is 1. The van der Waals surface area contributed by atoms with Crippen LogP contribution in [0, 0.1) is 0 Å². The topological polar surface area (TPSA) is 76.5 Å². The highest BCUT2D eigenvalue weighted by atomic mass is 35.5. The van der Waals surface area contributed by atoms with Crippen molar-refractivity contribution >= 4 is 23.4 Å². The number of nitrogens with zero attached hydrogens (tertiary/aromatic N) is 3. The number of aryl methyl sites for hydroxylation is 1. The third-order valence-electron chi connectivity index (χ3n) is 5.29. The summed E-state index contributed by atoms with van der Waals surface area (Å²) in [6, 6.07) is 9.85. The molecule has 2 aromatic rings. The molecule has 0 aliphatic carbocycles. The Morgan fingerprint density at radius 1 is 1.37 bits per heavy atom. The van der Waals surface area contributed by atoms with Gasteiger partial charge in [0.05, 0.1) is 16.8 Å². The van der Waals surface area contributed by atoms with Gasteiger partial charge in [-0.3, -0.25) is 14.3 Å². The van der Waals surface area contributed by atoms with Crippen molar-refractivity contribution in [2.75, 3.05) is 19.7 Å². The van der Waals surface area contributed by atoms with Crippen LogP contribution in [0.25, 0.3) is 0 Å². The second kappa shape index (κ2) is 7.32. The number of hydrogen-bond donors (Lipinski definition) is 1. The maximum Gasteiger partial charge on any atom is 0.246 e. The molecule has 0 bridgehead atoms.